The van der Waals surface area contributed by atoms with Crippen LogP contribution in [-0.2, 0) is 0 Å². The van der Waals surface area contributed by atoms with Crippen molar-refractivity contribution in [2.75, 3.05) is 48.0 Å². The van der Waals surface area contributed by atoms with E-state index in [-0.39, 0.29) is 41.7 Å². The quantitative estimate of drug-likeness (QED) is 0.441. The van der Waals surface area contributed by atoms with Gasteiger partial charge in [0.2, 0.25) is 11.8 Å². The van der Waals surface area contributed by atoms with Crippen LogP contribution in [0.3, 0.4) is 0 Å². The number of piperazine rings is 1. The van der Waals surface area contributed by atoms with E-state index in [1.165, 1.54) is 11.1 Å². The van der Waals surface area contributed by atoms with Gasteiger partial charge in [-0.25, -0.2) is 4.98 Å². The molecule has 3 heterocycles. The molecular formula is C26H24Cl2N6O3. The van der Waals surface area contributed by atoms with Crippen molar-refractivity contribution >= 4 is 57.9 Å². The van der Waals surface area contributed by atoms with Crippen molar-refractivity contribution in [2.45, 2.75) is 12.8 Å². The number of aromatic nitrogens is 2. The number of anilines is 4. The molecule has 1 aliphatic carbocycles. The van der Waals surface area contributed by atoms with Gasteiger partial charge in [-0.15, -0.1) is 0 Å². The molecule has 0 bridgehead atoms. The number of para-hydroxylation sites is 1. The Labute approximate surface area is 223 Å². The van der Waals surface area contributed by atoms with E-state index < -0.39 is 0 Å². The number of nitrogens with one attached hydrogen (secondary N) is 2. The predicted octanol–water partition coefficient (Wildman–Crippen LogP) is 4.53. The van der Waals surface area contributed by atoms with E-state index in [1.807, 2.05) is 18.2 Å². The fourth-order valence-electron chi connectivity index (χ4n) is 4.61. The minimum Gasteiger partial charge on any atom is -0.455 e. The van der Waals surface area contributed by atoms with Crippen molar-refractivity contribution in [3.8, 4) is 5.88 Å². The van der Waals surface area contributed by atoms with Gasteiger partial charge in [0.15, 0.2) is 12.5 Å². The maximum atomic E-state index is 13.2. The Morgan fingerprint density at radius 1 is 1.11 bits per heavy atom. The largest absolute Gasteiger partial charge is 0.455 e. The molecule has 1 aromatic heterocycles. The highest BCUT2D eigenvalue weighted by Crippen LogP contribution is 2.38. The maximum absolute atomic E-state index is 13.2. The van der Waals surface area contributed by atoms with E-state index in [0.29, 0.717) is 27.0 Å². The second kappa shape index (κ2) is 9.81. The van der Waals surface area contributed by atoms with Gasteiger partial charge in [-0.3, -0.25) is 14.5 Å². The van der Waals surface area contributed by atoms with Crippen LogP contribution in [-0.4, -0.2) is 54.6 Å². The number of amides is 1. The van der Waals surface area contributed by atoms with Crippen LogP contribution in [0.15, 0.2) is 42.6 Å². The number of halogens is 2. The number of ketones is 1. The third-order valence-electron chi connectivity index (χ3n) is 6.69. The topological polar surface area (TPSA) is 99.7 Å². The fourth-order valence-corrected chi connectivity index (χ4v) is 5.21. The minimum absolute atomic E-state index is 0.0921. The number of carbonyl (C=O) groups is 2. The van der Waals surface area contributed by atoms with Crippen LogP contribution in [0.5, 0.6) is 5.88 Å². The summed E-state index contributed by atoms with van der Waals surface area (Å²) in [4.78, 5) is 38.6. The summed E-state index contributed by atoms with van der Waals surface area (Å²) in [7, 11) is 0. The Balaban J connectivity index is 1.25. The van der Waals surface area contributed by atoms with Gasteiger partial charge in [-0.05, 0) is 43.2 Å². The smallest absolute Gasteiger partial charge is 0.268 e. The second-order valence-electron chi connectivity index (χ2n) is 9.22. The molecule has 0 unspecified atom stereocenters. The molecule has 1 saturated carbocycles. The van der Waals surface area contributed by atoms with Gasteiger partial charge in [0.05, 0.1) is 15.7 Å². The SMILES string of the molecule is O=C(c1cc(Nc2ncc3c(n2)OCN(c2c(Cl)cccc2Cl)C3=O)ccc1N1CCNCC1)C1CC1. The first-order chi connectivity index (χ1) is 18.0. The number of fused-ring (bicyclic) bond motifs is 1. The maximum Gasteiger partial charge on any atom is 0.268 e. The molecule has 37 heavy (non-hydrogen) atoms. The number of nitrogens with zero attached hydrogens (tertiary/aromatic N) is 4. The number of carbonyl (C=O) groups excluding carboxylic acids is 2. The summed E-state index contributed by atoms with van der Waals surface area (Å²) in [5, 5.41) is 7.19. The highest BCUT2D eigenvalue weighted by Gasteiger charge is 2.34. The van der Waals surface area contributed by atoms with Crippen molar-refractivity contribution in [2.24, 2.45) is 5.92 Å². The third-order valence-corrected chi connectivity index (χ3v) is 7.30. The molecule has 3 aromatic rings. The zero-order valence-electron chi connectivity index (χ0n) is 19.8. The fraction of sp³-hybridized carbons (Fsp3) is 0.308. The lowest BCUT2D eigenvalue weighted by Crippen LogP contribution is -2.44. The molecule has 9 nitrogen and oxygen atoms in total. The van der Waals surface area contributed by atoms with Crippen LogP contribution in [0.25, 0.3) is 0 Å². The summed E-state index contributed by atoms with van der Waals surface area (Å²) in [5.41, 5.74) is 2.94. The van der Waals surface area contributed by atoms with Crippen LogP contribution >= 0.6 is 23.2 Å². The summed E-state index contributed by atoms with van der Waals surface area (Å²) < 4.78 is 5.78. The number of benzene rings is 2. The average molecular weight is 539 g/mol. The molecule has 0 spiro atoms. The zero-order chi connectivity index (χ0) is 25.5. The summed E-state index contributed by atoms with van der Waals surface area (Å²) in [6, 6.07) is 10.8. The first-order valence-corrected chi connectivity index (χ1v) is 12.9. The number of hydrogen-bond donors (Lipinski definition) is 2. The van der Waals surface area contributed by atoms with Crippen molar-refractivity contribution in [3.05, 3.63) is 63.8 Å². The molecule has 1 amide bonds. The predicted molar refractivity (Wildman–Crippen MR) is 143 cm³/mol. The summed E-state index contributed by atoms with van der Waals surface area (Å²) in [5.74, 6) is 0.339. The normalized spacial score (nSPS) is 17.3. The second-order valence-corrected chi connectivity index (χ2v) is 10.0. The van der Waals surface area contributed by atoms with Crippen molar-refractivity contribution < 1.29 is 14.3 Å². The highest BCUT2D eigenvalue weighted by molar-refractivity contribution is 6.40. The van der Waals surface area contributed by atoms with Crippen molar-refractivity contribution in [1.82, 2.24) is 15.3 Å². The molecule has 1 saturated heterocycles. The number of ether oxygens (including phenoxy) is 1. The first kappa shape index (κ1) is 24.0. The van der Waals surface area contributed by atoms with Gasteiger partial charge in [0, 0.05) is 55.2 Å². The zero-order valence-corrected chi connectivity index (χ0v) is 21.3. The average Bonchev–Trinajstić information content (AvgIpc) is 3.76. The molecule has 6 rings (SSSR count). The molecule has 2 aliphatic heterocycles. The summed E-state index contributed by atoms with van der Waals surface area (Å²) in [6.07, 6.45) is 3.29. The molecule has 190 valence electrons. The molecule has 0 atom stereocenters. The van der Waals surface area contributed by atoms with Gasteiger partial charge in [-0.1, -0.05) is 29.3 Å². The van der Waals surface area contributed by atoms with Gasteiger partial charge in [-0.2, -0.15) is 4.98 Å². The standard InChI is InChI=1S/C26H24Cl2N6O3/c27-19-2-1-3-20(28)22(19)34-14-37-24-18(25(34)36)13-30-26(32-24)31-16-6-7-21(33-10-8-29-9-11-33)17(12-16)23(35)15-4-5-15/h1-3,6-7,12-13,15,29H,4-5,8-11,14H2,(H,30,31,32). The summed E-state index contributed by atoms with van der Waals surface area (Å²) in [6.45, 7) is 3.39. The van der Waals surface area contributed by atoms with Crippen LogP contribution in [0.1, 0.15) is 33.6 Å². The Morgan fingerprint density at radius 2 is 1.86 bits per heavy atom. The van der Waals surface area contributed by atoms with Crippen LogP contribution < -0.4 is 25.2 Å². The van der Waals surface area contributed by atoms with Gasteiger partial charge >= 0.3 is 0 Å². The van der Waals surface area contributed by atoms with E-state index in [4.69, 9.17) is 27.9 Å². The Morgan fingerprint density at radius 3 is 2.59 bits per heavy atom. The lowest BCUT2D eigenvalue weighted by Gasteiger charge is -2.31. The van der Waals surface area contributed by atoms with Crippen LogP contribution in [0.2, 0.25) is 10.0 Å². The minimum atomic E-state index is -0.361. The van der Waals surface area contributed by atoms with E-state index >= 15 is 0 Å². The lowest BCUT2D eigenvalue weighted by molar-refractivity contribution is 0.0931. The number of rotatable bonds is 6. The first-order valence-electron chi connectivity index (χ1n) is 12.2. The number of hydrogen-bond acceptors (Lipinski definition) is 8. The molecule has 0 radical (unpaired) electrons. The van der Waals surface area contributed by atoms with Crippen LogP contribution in [0, 0.1) is 5.92 Å². The third kappa shape index (κ3) is 4.70. The van der Waals surface area contributed by atoms with E-state index in [0.717, 1.165) is 44.7 Å². The van der Waals surface area contributed by atoms with E-state index in [2.05, 4.69) is 25.5 Å². The Hall–Kier alpha value is -3.40. The van der Waals surface area contributed by atoms with Gasteiger partial charge in [0.25, 0.3) is 5.91 Å². The van der Waals surface area contributed by atoms with Crippen molar-refractivity contribution in [1.29, 1.82) is 0 Å². The molecule has 11 heteroatoms. The molecule has 2 N–H and O–H groups in total. The Kier molecular flexibility index (Phi) is 6.36. The summed E-state index contributed by atoms with van der Waals surface area (Å²) >= 11 is 12.6. The van der Waals surface area contributed by atoms with Crippen LogP contribution in [0.4, 0.5) is 23.0 Å². The number of Topliss-reactive ketones (excluding diaryl/α,β-unsaturated/α-hetero) is 1. The van der Waals surface area contributed by atoms with Gasteiger partial charge in [0.1, 0.15) is 5.56 Å². The molecular weight excluding hydrogens is 515 g/mol. The van der Waals surface area contributed by atoms with Gasteiger partial charge < -0.3 is 20.3 Å². The molecule has 2 fully saturated rings. The highest BCUT2D eigenvalue weighted by atomic mass is 35.5. The van der Waals surface area contributed by atoms with E-state index in [9.17, 15) is 9.59 Å². The lowest BCUT2D eigenvalue weighted by atomic mass is 10.0. The molecule has 2 aromatic carbocycles. The Bertz CT molecular complexity index is 1370. The van der Waals surface area contributed by atoms with E-state index in [1.54, 1.807) is 18.2 Å². The molecule has 3 aliphatic rings. The monoisotopic (exact) mass is 538 g/mol. The van der Waals surface area contributed by atoms with Crippen molar-refractivity contribution in [3.63, 3.8) is 0 Å².